The maximum absolute atomic E-state index is 11.3. The first-order chi connectivity index (χ1) is 33.6. The molecule has 13 aromatic rings. The summed E-state index contributed by atoms with van der Waals surface area (Å²) in [7, 11) is 0. The number of nitrogens with zero attached hydrogens (tertiary/aromatic N) is 5. The van der Waals surface area contributed by atoms with E-state index in [1.54, 1.807) is 0 Å². The fourth-order valence-electron chi connectivity index (χ4n) is 11.2. The molecule has 4 aromatic heterocycles. The van der Waals surface area contributed by atoms with Crippen molar-refractivity contribution in [3.63, 3.8) is 0 Å². The highest BCUT2D eigenvalue weighted by Gasteiger charge is 2.25. The zero-order valence-electron chi connectivity index (χ0n) is 36.6. The molecular formula is C62H37N5O. The third kappa shape index (κ3) is 5.43. The number of benzene rings is 9. The summed E-state index contributed by atoms with van der Waals surface area (Å²) < 4.78 is 13.5. The average Bonchev–Trinajstić information content (AvgIpc) is 4.14. The molecule has 0 fully saturated rings. The Labute approximate surface area is 390 Å². The van der Waals surface area contributed by atoms with Gasteiger partial charge in [-0.1, -0.05) is 121 Å². The van der Waals surface area contributed by atoms with Crippen LogP contribution in [0.4, 0.5) is 5.69 Å². The minimum absolute atomic E-state index is 0.437. The van der Waals surface area contributed by atoms with Crippen LogP contribution in [0.2, 0.25) is 0 Å². The van der Waals surface area contributed by atoms with Crippen molar-refractivity contribution in [2.75, 3.05) is 0 Å². The van der Waals surface area contributed by atoms with Crippen molar-refractivity contribution in [2.24, 2.45) is 0 Å². The van der Waals surface area contributed by atoms with Gasteiger partial charge in [0.1, 0.15) is 17.2 Å². The van der Waals surface area contributed by atoms with Crippen molar-refractivity contribution in [1.29, 1.82) is 5.26 Å². The number of nitriles is 1. The van der Waals surface area contributed by atoms with E-state index in [4.69, 9.17) is 11.0 Å². The topological polar surface area (TPSA) is 56.1 Å². The third-order valence-electron chi connectivity index (χ3n) is 14.2. The molecule has 1 aliphatic carbocycles. The van der Waals surface area contributed by atoms with Gasteiger partial charge >= 0.3 is 0 Å². The molecule has 0 atom stereocenters. The lowest BCUT2D eigenvalue weighted by Gasteiger charge is -2.16. The predicted molar refractivity (Wildman–Crippen MR) is 278 cm³/mol. The van der Waals surface area contributed by atoms with Crippen LogP contribution in [0.1, 0.15) is 23.2 Å². The monoisotopic (exact) mass is 867 g/mol. The largest absolute Gasteiger partial charge is 0.455 e. The zero-order chi connectivity index (χ0) is 45.0. The van der Waals surface area contributed by atoms with Crippen LogP contribution in [0.3, 0.4) is 0 Å². The fourth-order valence-corrected chi connectivity index (χ4v) is 11.2. The van der Waals surface area contributed by atoms with Crippen LogP contribution in [0, 0.1) is 17.9 Å². The molecule has 68 heavy (non-hydrogen) atoms. The van der Waals surface area contributed by atoms with Crippen LogP contribution in [-0.4, -0.2) is 13.7 Å². The van der Waals surface area contributed by atoms with Crippen molar-refractivity contribution in [2.45, 2.75) is 12.8 Å². The van der Waals surface area contributed by atoms with Crippen LogP contribution in [-0.2, 0) is 6.42 Å². The van der Waals surface area contributed by atoms with Gasteiger partial charge in [-0.25, -0.2) is 4.85 Å². The van der Waals surface area contributed by atoms with Crippen molar-refractivity contribution in [3.8, 4) is 45.4 Å². The molecule has 0 amide bonds. The van der Waals surface area contributed by atoms with Crippen molar-refractivity contribution in [1.82, 2.24) is 13.7 Å². The lowest BCUT2D eigenvalue weighted by Crippen LogP contribution is -2.03. The Balaban J connectivity index is 1.03. The van der Waals surface area contributed by atoms with Crippen molar-refractivity contribution in [3.05, 3.63) is 222 Å². The molecule has 1 aliphatic rings. The summed E-state index contributed by atoms with van der Waals surface area (Å²) in [6, 6.07) is 68.1. The highest BCUT2D eigenvalue weighted by molar-refractivity contribution is 6.24. The number of para-hydroxylation sites is 2. The predicted octanol–water partition coefficient (Wildman–Crippen LogP) is 16.4. The Kier molecular flexibility index (Phi) is 8.14. The van der Waals surface area contributed by atoms with E-state index in [0.717, 1.165) is 106 Å². The molecule has 0 spiro atoms. The van der Waals surface area contributed by atoms with Gasteiger partial charge < -0.3 is 18.1 Å². The summed E-state index contributed by atoms with van der Waals surface area (Å²) in [6.45, 7) is 8.79. The third-order valence-corrected chi connectivity index (χ3v) is 14.2. The number of rotatable bonds is 5. The highest BCUT2D eigenvalue weighted by atomic mass is 16.3. The zero-order valence-corrected chi connectivity index (χ0v) is 36.6. The molecule has 0 N–H and O–H groups in total. The molecular weight excluding hydrogens is 831 g/mol. The van der Waals surface area contributed by atoms with E-state index in [1.807, 2.05) is 42.5 Å². The SMILES string of the molecule is [C-]#[N+]c1cc(-n2c3ccc(-n4c5c(c6ccccc64)C=CCC5)cc3c3c4oc5ccccc5c4ccc32)c(C#N)cc1-n1c2ccc(-c3ccccc3)cc2c2cc(-c3ccccc3)ccc21. The average molecular weight is 868 g/mol. The molecule has 0 saturated heterocycles. The van der Waals surface area contributed by atoms with E-state index in [9.17, 15) is 5.26 Å². The van der Waals surface area contributed by atoms with Gasteiger partial charge in [0.15, 0.2) is 0 Å². The first kappa shape index (κ1) is 38.0. The Morgan fingerprint density at radius 3 is 1.84 bits per heavy atom. The van der Waals surface area contributed by atoms with E-state index in [0.29, 0.717) is 22.6 Å². The summed E-state index contributed by atoms with van der Waals surface area (Å²) in [5.74, 6) is 0. The number of hydrogen-bond acceptors (Lipinski definition) is 2. The Bertz CT molecular complexity index is 4300. The molecule has 0 radical (unpaired) electrons. The molecule has 6 nitrogen and oxygen atoms in total. The summed E-state index contributed by atoms with van der Waals surface area (Å²) in [5.41, 5.74) is 16.8. The number of furan rings is 1. The smallest absolute Gasteiger partial charge is 0.212 e. The second kappa shape index (κ2) is 14.6. The maximum atomic E-state index is 11.3. The summed E-state index contributed by atoms with van der Waals surface area (Å²) in [5, 5.41) is 18.7. The van der Waals surface area contributed by atoms with Crippen LogP contribution >= 0.6 is 0 Å². The van der Waals surface area contributed by atoms with Crippen molar-refractivity contribution >= 4 is 88.2 Å². The van der Waals surface area contributed by atoms with Gasteiger partial charge in [0.25, 0.3) is 0 Å². The minimum atomic E-state index is 0.437. The van der Waals surface area contributed by atoms with Crippen LogP contribution in [0.5, 0.6) is 0 Å². The Hall–Kier alpha value is -9.36. The van der Waals surface area contributed by atoms with E-state index < -0.39 is 0 Å². The van der Waals surface area contributed by atoms with Gasteiger partial charge in [0.2, 0.25) is 5.69 Å². The molecule has 0 bridgehead atoms. The van der Waals surface area contributed by atoms with Gasteiger partial charge in [-0.05, 0) is 114 Å². The van der Waals surface area contributed by atoms with E-state index in [2.05, 4.69) is 182 Å². The number of aromatic nitrogens is 3. The van der Waals surface area contributed by atoms with Gasteiger partial charge in [-0.2, -0.15) is 5.26 Å². The summed E-state index contributed by atoms with van der Waals surface area (Å²) >= 11 is 0. The quantitative estimate of drug-likeness (QED) is 0.162. The Morgan fingerprint density at radius 1 is 0.500 bits per heavy atom. The first-order valence-electron chi connectivity index (χ1n) is 23.0. The first-order valence-corrected chi connectivity index (χ1v) is 23.0. The summed E-state index contributed by atoms with van der Waals surface area (Å²) in [4.78, 5) is 4.25. The molecule has 316 valence electrons. The lowest BCUT2D eigenvalue weighted by atomic mass is 10.0. The molecule has 14 rings (SSSR count). The van der Waals surface area contributed by atoms with E-state index >= 15 is 0 Å². The molecule has 9 aromatic carbocycles. The normalized spacial score (nSPS) is 12.5. The Morgan fingerprint density at radius 2 is 1.12 bits per heavy atom. The molecule has 0 unspecified atom stereocenters. The highest BCUT2D eigenvalue weighted by Crippen LogP contribution is 2.45. The van der Waals surface area contributed by atoms with Crippen molar-refractivity contribution < 1.29 is 4.42 Å². The molecule has 4 heterocycles. The second-order valence-electron chi connectivity index (χ2n) is 17.7. The molecule has 0 saturated carbocycles. The minimum Gasteiger partial charge on any atom is -0.455 e. The number of hydrogen-bond donors (Lipinski definition) is 0. The van der Waals surface area contributed by atoms with E-state index in [-0.39, 0.29) is 0 Å². The molecule has 0 aliphatic heterocycles. The second-order valence-corrected chi connectivity index (χ2v) is 17.7. The van der Waals surface area contributed by atoms with Gasteiger partial charge in [-0.15, -0.1) is 0 Å². The van der Waals surface area contributed by atoms with Gasteiger partial charge in [0.05, 0.1) is 56.5 Å². The molecule has 6 heteroatoms. The van der Waals surface area contributed by atoms with Crippen LogP contribution in [0.15, 0.2) is 199 Å². The van der Waals surface area contributed by atoms with Gasteiger partial charge in [-0.3, -0.25) is 0 Å². The fraction of sp³-hybridized carbons (Fsp3) is 0.0323. The number of fused-ring (bicyclic) bond motifs is 13. The maximum Gasteiger partial charge on any atom is 0.212 e. The van der Waals surface area contributed by atoms with E-state index in [1.165, 1.54) is 22.2 Å². The van der Waals surface area contributed by atoms with Crippen LogP contribution in [0.25, 0.3) is 127 Å². The van der Waals surface area contributed by atoms with Crippen LogP contribution < -0.4 is 0 Å². The standard InChI is InChI=1S/C62H37N5O/c1-64-51-36-58(42(37-63)34-59(51)66-54-28-24-40(38-14-4-2-5-15-38)32-48(54)49-33-41(25-29-55(49)66)39-16-6-3-7-17-39)67-56-30-26-43(65-52-21-11-8-18-44(52)45-19-9-12-22-53(45)65)35-50(56)61-57(67)31-27-47-46-20-10-13-23-60(46)68-62(47)61/h2-11,13-21,23-36H,12,22H2. The van der Waals surface area contributed by atoms with Gasteiger partial charge in [0, 0.05) is 49.3 Å². The lowest BCUT2D eigenvalue weighted by molar-refractivity contribution is 0.673. The number of allylic oxidation sites excluding steroid dienone is 1. The summed E-state index contributed by atoms with van der Waals surface area (Å²) in [6.07, 6.45) is 6.47.